The summed E-state index contributed by atoms with van der Waals surface area (Å²) in [7, 11) is 1.67. The maximum atomic E-state index is 13.7. The highest BCUT2D eigenvalue weighted by atomic mass is 19.4. The number of nitrogens with zero attached hydrogens (tertiary/aromatic N) is 4. The van der Waals surface area contributed by atoms with Gasteiger partial charge in [-0.2, -0.15) is 13.2 Å². The second-order valence-electron chi connectivity index (χ2n) is 10.2. The van der Waals surface area contributed by atoms with Gasteiger partial charge in [-0.05, 0) is 48.2 Å². The lowest BCUT2D eigenvalue weighted by Crippen LogP contribution is -2.41. The van der Waals surface area contributed by atoms with Gasteiger partial charge in [-0.3, -0.25) is 19.2 Å². The lowest BCUT2D eigenvalue weighted by molar-refractivity contribution is -0.138. The van der Waals surface area contributed by atoms with Crippen LogP contribution in [0.3, 0.4) is 0 Å². The average molecular weight is 486 g/mol. The molecule has 6 rings (SSSR count). The molecular formula is C25H25F3N4O3. The van der Waals surface area contributed by atoms with Crippen LogP contribution in [0.1, 0.15) is 35.7 Å². The molecule has 0 bridgehead atoms. The fourth-order valence-electron chi connectivity index (χ4n) is 6.27. The standard InChI is InChI=1S/C25H25F3N4O3/c1-14-19-9-18-16(8-17(10-29-18)25(26,27)28)12-32(19)22(33)24(14)5-6-31(13-24)11-15-3-4-21-20(7-15)30(2)23(34)35-21/h3-4,7-8,10,14,19H,5-6,9,11-13H2,1-2H3. The van der Waals surface area contributed by atoms with Crippen molar-refractivity contribution in [3.8, 4) is 0 Å². The van der Waals surface area contributed by atoms with E-state index in [1.54, 1.807) is 18.0 Å². The summed E-state index contributed by atoms with van der Waals surface area (Å²) in [5.74, 6) is -0.306. The molecule has 10 heteroatoms. The van der Waals surface area contributed by atoms with Crippen LogP contribution in [-0.4, -0.2) is 44.4 Å². The molecule has 2 aromatic heterocycles. The third-order valence-electron chi connectivity index (χ3n) is 8.31. The van der Waals surface area contributed by atoms with Crippen molar-refractivity contribution in [2.45, 2.75) is 45.1 Å². The normalized spacial score (nSPS) is 26.7. The molecule has 3 aliphatic rings. The van der Waals surface area contributed by atoms with Gasteiger partial charge in [0.15, 0.2) is 5.58 Å². The van der Waals surface area contributed by atoms with Crippen LogP contribution in [0.2, 0.25) is 0 Å². The number of aryl methyl sites for hydroxylation is 1. The van der Waals surface area contributed by atoms with Crippen molar-refractivity contribution in [1.29, 1.82) is 0 Å². The quantitative estimate of drug-likeness (QED) is 0.556. The van der Waals surface area contributed by atoms with Gasteiger partial charge in [0.25, 0.3) is 0 Å². The molecule has 2 fully saturated rings. The number of likely N-dealkylation sites (tertiary alicyclic amines) is 1. The van der Waals surface area contributed by atoms with Gasteiger partial charge < -0.3 is 9.32 Å². The van der Waals surface area contributed by atoms with Gasteiger partial charge in [-0.1, -0.05) is 13.0 Å². The maximum Gasteiger partial charge on any atom is 0.419 e. The number of aromatic nitrogens is 2. The summed E-state index contributed by atoms with van der Waals surface area (Å²) in [4.78, 5) is 33.6. The van der Waals surface area contributed by atoms with Crippen molar-refractivity contribution >= 4 is 17.0 Å². The van der Waals surface area contributed by atoms with E-state index in [-0.39, 0.29) is 24.4 Å². The second kappa shape index (κ2) is 7.43. The van der Waals surface area contributed by atoms with E-state index >= 15 is 0 Å². The van der Waals surface area contributed by atoms with Gasteiger partial charge in [-0.15, -0.1) is 0 Å². The van der Waals surface area contributed by atoms with E-state index < -0.39 is 22.9 Å². The van der Waals surface area contributed by atoms with Gasteiger partial charge in [0.1, 0.15) is 0 Å². The Morgan fingerprint density at radius 3 is 2.80 bits per heavy atom. The number of hydrogen-bond acceptors (Lipinski definition) is 5. The van der Waals surface area contributed by atoms with E-state index in [1.165, 1.54) is 4.57 Å². The van der Waals surface area contributed by atoms with E-state index in [4.69, 9.17) is 4.42 Å². The number of halogens is 3. The van der Waals surface area contributed by atoms with E-state index in [0.717, 1.165) is 29.9 Å². The molecule has 3 aromatic rings. The third-order valence-corrected chi connectivity index (χ3v) is 8.31. The van der Waals surface area contributed by atoms with Crippen LogP contribution in [0.25, 0.3) is 11.1 Å². The molecule has 184 valence electrons. The van der Waals surface area contributed by atoms with Gasteiger partial charge >= 0.3 is 11.9 Å². The highest BCUT2D eigenvalue weighted by Crippen LogP contribution is 2.51. The lowest BCUT2D eigenvalue weighted by atomic mass is 9.74. The lowest BCUT2D eigenvalue weighted by Gasteiger charge is -2.33. The topological polar surface area (TPSA) is 71.6 Å². The molecule has 7 nitrogen and oxygen atoms in total. The molecular weight excluding hydrogens is 461 g/mol. The smallest absolute Gasteiger partial charge is 0.408 e. The minimum atomic E-state index is -4.46. The Morgan fingerprint density at radius 1 is 1.23 bits per heavy atom. The molecule has 0 N–H and O–H groups in total. The van der Waals surface area contributed by atoms with E-state index in [9.17, 15) is 22.8 Å². The Kier molecular flexibility index (Phi) is 4.74. The zero-order chi connectivity index (χ0) is 24.7. The molecule has 0 radical (unpaired) electrons. The number of oxazole rings is 1. The summed E-state index contributed by atoms with van der Waals surface area (Å²) in [6.07, 6.45) is -2.37. The number of carbonyl (C=O) groups is 1. The first-order valence-corrected chi connectivity index (χ1v) is 11.7. The van der Waals surface area contributed by atoms with Gasteiger partial charge in [0.05, 0.1) is 16.5 Å². The number of alkyl halides is 3. The number of benzene rings is 1. The van der Waals surface area contributed by atoms with Crippen LogP contribution >= 0.6 is 0 Å². The molecule has 1 spiro atoms. The SMILES string of the molecule is CC1C2Cc3ncc(C(F)(F)F)cc3CN2C(=O)C12CCN(Cc1ccc3oc(=O)n(C)c3c1)C2. The summed E-state index contributed by atoms with van der Waals surface area (Å²) in [5.41, 5.74) is 2.12. The first-order valence-electron chi connectivity index (χ1n) is 11.7. The molecule has 1 aromatic carbocycles. The van der Waals surface area contributed by atoms with Crippen LogP contribution in [0.5, 0.6) is 0 Å². The Hall–Kier alpha value is -3.14. The molecule has 35 heavy (non-hydrogen) atoms. The summed E-state index contributed by atoms with van der Waals surface area (Å²) in [6.45, 7) is 4.25. The fraction of sp³-hybridized carbons (Fsp3) is 0.480. The van der Waals surface area contributed by atoms with Gasteiger partial charge in [-0.25, -0.2) is 4.79 Å². The predicted molar refractivity (Wildman–Crippen MR) is 120 cm³/mol. The predicted octanol–water partition coefficient (Wildman–Crippen LogP) is 3.34. The van der Waals surface area contributed by atoms with Crippen molar-refractivity contribution in [2.75, 3.05) is 13.1 Å². The minimum absolute atomic E-state index is 0.0354. The summed E-state index contributed by atoms with van der Waals surface area (Å²) >= 11 is 0. The Bertz CT molecular complexity index is 1410. The zero-order valence-corrected chi connectivity index (χ0v) is 19.4. The average Bonchev–Trinajstić information content (AvgIpc) is 3.43. The van der Waals surface area contributed by atoms with E-state index in [1.807, 2.05) is 12.1 Å². The van der Waals surface area contributed by atoms with Crippen molar-refractivity contribution in [3.05, 3.63) is 63.4 Å². The molecule has 3 atom stereocenters. The first kappa shape index (κ1) is 22.3. The maximum absolute atomic E-state index is 13.7. The number of amides is 1. The van der Waals surface area contributed by atoms with Crippen LogP contribution in [-0.2, 0) is 37.5 Å². The Labute approximate surface area is 199 Å². The number of rotatable bonds is 2. The summed E-state index contributed by atoms with van der Waals surface area (Å²) < 4.78 is 46.2. The third kappa shape index (κ3) is 3.33. The summed E-state index contributed by atoms with van der Waals surface area (Å²) in [6, 6.07) is 6.74. The number of fused-ring (bicyclic) bond motifs is 3. The van der Waals surface area contributed by atoms with Crippen molar-refractivity contribution in [2.24, 2.45) is 18.4 Å². The van der Waals surface area contributed by atoms with Gasteiger partial charge in [0.2, 0.25) is 5.91 Å². The van der Waals surface area contributed by atoms with Crippen LogP contribution in [0.15, 0.2) is 39.7 Å². The molecule has 5 heterocycles. The Morgan fingerprint density at radius 2 is 2.03 bits per heavy atom. The van der Waals surface area contributed by atoms with Crippen molar-refractivity contribution in [1.82, 2.24) is 19.4 Å². The fourth-order valence-corrected chi connectivity index (χ4v) is 6.27. The Balaban J connectivity index is 1.23. The second-order valence-corrected chi connectivity index (χ2v) is 10.2. The highest BCUT2D eigenvalue weighted by Gasteiger charge is 2.60. The number of pyridine rings is 1. The van der Waals surface area contributed by atoms with E-state index in [0.29, 0.717) is 42.8 Å². The molecule has 3 unspecified atom stereocenters. The molecule has 3 aliphatic heterocycles. The molecule has 1 amide bonds. The highest BCUT2D eigenvalue weighted by molar-refractivity contribution is 5.87. The van der Waals surface area contributed by atoms with E-state index in [2.05, 4.69) is 16.8 Å². The molecule has 2 saturated heterocycles. The largest absolute Gasteiger partial charge is 0.419 e. The summed E-state index contributed by atoms with van der Waals surface area (Å²) in [5, 5.41) is 0. The van der Waals surface area contributed by atoms with Crippen LogP contribution < -0.4 is 5.76 Å². The van der Waals surface area contributed by atoms with Crippen molar-refractivity contribution < 1.29 is 22.4 Å². The number of hydrogen-bond donors (Lipinski definition) is 0. The number of carbonyl (C=O) groups excluding carboxylic acids is 1. The minimum Gasteiger partial charge on any atom is -0.408 e. The molecule has 0 saturated carbocycles. The van der Waals surface area contributed by atoms with Crippen molar-refractivity contribution in [3.63, 3.8) is 0 Å². The first-order chi connectivity index (χ1) is 16.6. The van der Waals surface area contributed by atoms with Gasteiger partial charge in [0, 0.05) is 51.0 Å². The molecule has 0 aliphatic carbocycles. The monoisotopic (exact) mass is 486 g/mol. The van der Waals surface area contributed by atoms with Crippen LogP contribution in [0.4, 0.5) is 13.2 Å². The van der Waals surface area contributed by atoms with Crippen LogP contribution in [0, 0.1) is 11.3 Å². The zero-order valence-electron chi connectivity index (χ0n) is 19.4.